The smallest absolute Gasteiger partial charge is 0.168 e. The third-order valence-corrected chi connectivity index (χ3v) is 3.40. The molecule has 0 aliphatic rings. The lowest BCUT2D eigenvalue weighted by Crippen LogP contribution is -2.19. The molecule has 3 N–H and O–H groups in total. The molecule has 4 heteroatoms. The van der Waals surface area contributed by atoms with Gasteiger partial charge in [-0.3, -0.25) is 0 Å². The molecule has 0 aliphatic heterocycles. The maximum atomic E-state index is 5.58. The fourth-order valence-corrected chi connectivity index (χ4v) is 2.31. The first-order valence-corrected chi connectivity index (χ1v) is 7.14. The van der Waals surface area contributed by atoms with Gasteiger partial charge in [0.1, 0.15) is 0 Å². The predicted molar refractivity (Wildman–Crippen MR) is 84.1 cm³/mol. The summed E-state index contributed by atoms with van der Waals surface area (Å²) in [5, 5.41) is 3.33. The molecule has 0 atom stereocenters. The summed E-state index contributed by atoms with van der Waals surface area (Å²) in [6.45, 7) is 0. The molecule has 0 saturated heterocycles. The quantitative estimate of drug-likeness (QED) is 0.660. The molecule has 0 radical (unpaired) electrons. The van der Waals surface area contributed by atoms with Crippen LogP contribution in [0.15, 0.2) is 53.4 Å². The Morgan fingerprint density at radius 3 is 2.50 bits per heavy atom. The van der Waals surface area contributed by atoms with Gasteiger partial charge in [-0.1, -0.05) is 36.4 Å². The molecule has 0 unspecified atom stereocenters. The van der Waals surface area contributed by atoms with Gasteiger partial charge < -0.3 is 11.1 Å². The van der Waals surface area contributed by atoms with Crippen LogP contribution in [0.3, 0.4) is 0 Å². The summed E-state index contributed by atoms with van der Waals surface area (Å²) in [7, 11) is 0. The van der Waals surface area contributed by atoms with Crippen LogP contribution in [0, 0.1) is 0 Å². The maximum absolute atomic E-state index is 5.58. The number of nitrogens with one attached hydrogen (secondary N) is 1. The lowest BCUT2D eigenvalue weighted by atomic mass is 10.0. The zero-order valence-electron chi connectivity index (χ0n) is 10.0. The minimum absolute atomic E-state index is 0.283. The fourth-order valence-electron chi connectivity index (χ4n) is 1.76. The highest BCUT2D eigenvalue weighted by Gasteiger charge is 2.06. The van der Waals surface area contributed by atoms with Crippen molar-refractivity contribution < 1.29 is 0 Å². The highest BCUT2D eigenvalue weighted by Crippen LogP contribution is 2.31. The Hall–Kier alpha value is -1.52. The van der Waals surface area contributed by atoms with Crippen LogP contribution in [-0.4, -0.2) is 11.4 Å². The molecule has 92 valence electrons. The number of thiocarbonyl (C=S) groups is 1. The van der Waals surface area contributed by atoms with Gasteiger partial charge in [-0.2, -0.15) is 0 Å². The summed E-state index contributed by atoms with van der Waals surface area (Å²) in [4.78, 5) is 1.17. The van der Waals surface area contributed by atoms with E-state index in [2.05, 4.69) is 35.6 Å². The average molecular weight is 274 g/mol. The van der Waals surface area contributed by atoms with Gasteiger partial charge in [0.25, 0.3) is 0 Å². The van der Waals surface area contributed by atoms with Crippen LogP contribution in [0.4, 0.5) is 5.69 Å². The Labute approximate surface area is 117 Å². The average Bonchev–Trinajstić information content (AvgIpc) is 2.39. The number of anilines is 1. The van der Waals surface area contributed by atoms with Crippen LogP contribution in [-0.2, 0) is 0 Å². The number of thioether (sulfide) groups is 1. The molecular formula is C14H14N2S2. The van der Waals surface area contributed by atoms with Crippen molar-refractivity contribution in [2.24, 2.45) is 5.73 Å². The number of nitrogens with two attached hydrogens (primary N) is 1. The van der Waals surface area contributed by atoms with Gasteiger partial charge in [-0.25, -0.2) is 0 Å². The monoisotopic (exact) mass is 274 g/mol. The summed E-state index contributed by atoms with van der Waals surface area (Å²) in [5.74, 6) is 0. The van der Waals surface area contributed by atoms with Crippen LogP contribution in [0.5, 0.6) is 0 Å². The summed E-state index contributed by atoms with van der Waals surface area (Å²) < 4.78 is 0. The Kier molecular flexibility index (Phi) is 4.23. The van der Waals surface area contributed by atoms with E-state index in [0.29, 0.717) is 0 Å². The van der Waals surface area contributed by atoms with Gasteiger partial charge >= 0.3 is 0 Å². The van der Waals surface area contributed by atoms with Crippen molar-refractivity contribution in [3.8, 4) is 11.1 Å². The topological polar surface area (TPSA) is 38.0 Å². The van der Waals surface area contributed by atoms with Crippen molar-refractivity contribution in [1.82, 2.24) is 0 Å². The summed E-state index contributed by atoms with van der Waals surface area (Å²) in [6, 6.07) is 16.4. The minimum Gasteiger partial charge on any atom is -0.376 e. The molecule has 0 fully saturated rings. The Morgan fingerprint density at radius 2 is 1.89 bits per heavy atom. The van der Waals surface area contributed by atoms with Crippen molar-refractivity contribution in [3.63, 3.8) is 0 Å². The molecule has 18 heavy (non-hydrogen) atoms. The number of hydrogen-bond acceptors (Lipinski definition) is 2. The molecule has 0 saturated carbocycles. The molecular weight excluding hydrogens is 260 g/mol. The van der Waals surface area contributed by atoms with Gasteiger partial charge in [-0.05, 0) is 36.2 Å². The van der Waals surface area contributed by atoms with Crippen LogP contribution in [0.1, 0.15) is 0 Å². The SMILES string of the molecule is CSc1ccc(-c2ccccc2)c(NC(N)=S)c1. The first kappa shape index (κ1) is 12.9. The van der Waals surface area contributed by atoms with E-state index in [9.17, 15) is 0 Å². The normalized spacial score (nSPS) is 10.1. The lowest BCUT2D eigenvalue weighted by Gasteiger charge is -2.12. The summed E-state index contributed by atoms with van der Waals surface area (Å²) in [6.07, 6.45) is 2.04. The largest absolute Gasteiger partial charge is 0.376 e. The van der Waals surface area contributed by atoms with E-state index < -0.39 is 0 Å². The number of benzene rings is 2. The second kappa shape index (κ2) is 5.89. The van der Waals surface area contributed by atoms with E-state index >= 15 is 0 Å². The van der Waals surface area contributed by atoms with Crippen LogP contribution in [0.25, 0.3) is 11.1 Å². The van der Waals surface area contributed by atoms with Crippen LogP contribution in [0.2, 0.25) is 0 Å². The first-order valence-electron chi connectivity index (χ1n) is 5.50. The third kappa shape index (κ3) is 3.03. The summed E-state index contributed by atoms with van der Waals surface area (Å²) in [5.41, 5.74) is 8.76. The molecule has 0 aliphatic carbocycles. The first-order chi connectivity index (χ1) is 8.70. The van der Waals surface area contributed by atoms with Crippen molar-refractivity contribution >= 4 is 34.8 Å². The lowest BCUT2D eigenvalue weighted by molar-refractivity contribution is 1.45. The Morgan fingerprint density at radius 1 is 1.17 bits per heavy atom. The number of rotatable bonds is 3. The molecule has 2 aromatic rings. The van der Waals surface area contributed by atoms with E-state index in [4.69, 9.17) is 18.0 Å². The van der Waals surface area contributed by atoms with Gasteiger partial charge in [0.2, 0.25) is 0 Å². The fraction of sp³-hybridized carbons (Fsp3) is 0.0714. The predicted octanol–water partition coefficient (Wildman–Crippen LogP) is 3.73. The van der Waals surface area contributed by atoms with E-state index in [-0.39, 0.29) is 5.11 Å². The molecule has 0 aromatic heterocycles. The van der Waals surface area contributed by atoms with E-state index in [1.807, 2.05) is 24.5 Å². The van der Waals surface area contributed by atoms with Gasteiger partial charge in [0.05, 0.1) is 0 Å². The van der Waals surface area contributed by atoms with E-state index in [1.54, 1.807) is 11.8 Å². The van der Waals surface area contributed by atoms with E-state index in [0.717, 1.165) is 16.8 Å². The molecule has 2 aromatic carbocycles. The second-order valence-corrected chi connectivity index (χ2v) is 5.09. The van der Waals surface area contributed by atoms with Gasteiger partial charge in [-0.15, -0.1) is 11.8 Å². The standard InChI is InChI=1S/C14H14N2S2/c1-18-11-7-8-12(10-5-3-2-4-6-10)13(9-11)16-14(15)17/h2-9H,1H3,(H3,15,16,17). The molecule has 2 rings (SSSR count). The molecule has 0 heterocycles. The Bertz CT molecular complexity index is 553. The maximum Gasteiger partial charge on any atom is 0.168 e. The highest BCUT2D eigenvalue weighted by molar-refractivity contribution is 7.98. The minimum atomic E-state index is 0.283. The molecule has 0 amide bonds. The zero-order chi connectivity index (χ0) is 13.0. The van der Waals surface area contributed by atoms with Crippen LogP contribution < -0.4 is 11.1 Å². The molecule has 0 bridgehead atoms. The zero-order valence-corrected chi connectivity index (χ0v) is 11.6. The second-order valence-electron chi connectivity index (χ2n) is 3.77. The highest BCUT2D eigenvalue weighted by atomic mass is 32.2. The van der Waals surface area contributed by atoms with Crippen molar-refractivity contribution in [3.05, 3.63) is 48.5 Å². The van der Waals surface area contributed by atoms with Crippen molar-refractivity contribution in [2.75, 3.05) is 11.6 Å². The third-order valence-electron chi connectivity index (χ3n) is 2.57. The van der Waals surface area contributed by atoms with Crippen LogP contribution >= 0.6 is 24.0 Å². The Balaban J connectivity index is 2.49. The summed E-state index contributed by atoms with van der Waals surface area (Å²) >= 11 is 6.62. The van der Waals surface area contributed by atoms with Gasteiger partial charge in [0.15, 0.2) is 5.11 Å². The van der Waals surface area contributed by atoms with Gasteiger partial charge in [0, 0.05) is 16.1 Å². The molecule has 0 spiro atoms. The van der Waals surface area contributed by atoms with E-state index in [1.165, 1.54) is 4.90 Å². The number of hydrogen-bond donors (Lipinski definition) is 2. The van der Waals surface area contributed by atoms with Crippen molar-refractivity contribution in [2.45, 2.75) is 4.90 Å². The molecule has 2 nitrogen and oxygen atoms in total. The van der Waals surface area contributed by atoms with Crippen molar-refractivity contribution in [1.29, 1.82) is 0 Å².